The van der Waals surface area contributed by atoms with Crippen LogP contribution in [0.3, 0.4) is 0 Å². The summed E-state index contributed by atoms with van der Waals surface area (Å²) in [5.41, 5.74) is 2.31. The Morgan fingerprint density at radius 3 is 2.87 bits per heavy atom. The van der Waals surface area contributed by atoms with Gasteiger partial charge in [0.2, 0.25) is 0 Å². The van der Waals surface area contributed by atoms with E-state index in [1.54, 1.807) is 0 Å². The smallest absolute Gasteiger partial charge is 0.145 e. The van der Waals surface area contributed by atoms with Crippen LogP contribution in [0.15, 0.2) is 24.3 Å². The fraction of sp³-hybridized carbons (Fsp3) is 0.462. The molecule has 1 unspecified atom stereocenters. The number of ketones is 1. The highest BCUT2D eigenvalue weighted by Gasteiger charge is 2.27. The molecule has 1 atom stereocenters. The summed E-state index contributed by atoms with van der Waals surface area (Å²) in [6, 6.07) is 8.06. The largest absolute Gasteiger partial charge is 0.376 e. The second kappa shape index (κ2) is 4.15. The number of benzene rings is 1. The molecular weight excluding hydrogens is 188 g/mol. The average molecular weight is 204 g/mol. The molecule has 1 aromatic carbocycles. The highest BCUT2D eigenvalue weighted by atomic mass is 16.5. The molecular formula is C13H16O2. The van der Waals surface area contributed by atoms with Crippen LogP contribution in [0.5, 0.6) is 0 Å². The van der Waals surface area contributed by atoms with Crippen molar-refractivity contribution in [2.24, 2.45) is 5.92 Å². The number of Topliss-reactive ketones (excluding diaryl/α,β-unsaturated/α-hetero) is 1. The highest BCUT2D eigenvalue weighted by Crippen LogP contribution is 2.28. The summed E-state index contributed by atoms with van der Waals surface area (Å²) < 4.78 is 5.46. The molecule has 0 aromatic heterocycles. The van der Waals surface area contributed by atoms with Crippen molar-refractivity contribution in [3.05, 3.63) is 35.4 Å². The molecule has 80 valence electrons. The molecule has 1 aliphatic heterocycles. The molecule has 0 amide bonds. The summed E-state index contributed by atoms with van der Waals surface area (Å²) in [5, 5.41) is 0. The first-order chi connectivity index (χ1) is 7.20. The molecule has 0 aliphatic carbocycles. The fourth-order valence-electron chi connectivity index (χ4n) is 2.02. The van der Waals surface area contributed by atoms with Crippen LogP contribution < -0.4 is 0 Å². The van der Waals surface area contributed by atoms with E-state index in [4.69, 9.17) is 4.74 Å². The molecule has 1 heterocycles. The molecule has 0 radical (unpaired) electrons. The van der Waals surface area contributed by atoms with Crippen LogP contribution in [-0.2, 0) is 16.1 Å². The summed E-state index contributed by atoms with van der Waals surface area (Å²) in [6.07, 6.45) is 0. The molecule has 15 heavy (non-hydrogen) atoms. The minimum atomic E-state index is -0.0602. The number of hydrogen-bond donors (Lipinski definition) is 0. The molecule has 0 saturated carbocycles. The topological polar surface area (TPSA) is 26.3 Å². The first-order valence-electron chi connectivity index (χ1n) is 5.39. The van der Waals surface area contributed by atoms with Crippen molar-refractivity contribution < 1.29 is 9.53 Å². The van der Waals surface area contributed by atoms with Crippen molar-refractivity contribution >= 4 is 5.78 Å². The first kappa shape index (κ1) is 10.4. The molecule has 0 fully saturated rings. The Kier molecular flexibility index (Phi) is 2.87. The number of fused-ring (bicyclic) bond motifs is 1. The molecule has 0 spiro atoms. The lowest BCUT2D eigenvalue weighted by molar-refractivity contribution is -0.125. The molecule has 1 aromatic rings. The van der Waals surface area contributed by atoms with Crippen LogP contribution in [-0.4, -0.2) is 12.4 Å². The lowest BCUT2D eigenvalue weighted by atomic mass is 9.85. The van der Waals surface area contributed by atoms with Crippen molar-refractivity contribution in [1.29, 1.82) is 0 Å². The quantitative estimate of drug-likeness (QED) is 0.740. The predicted octanol–water partition coefficient (Wildman–Crippen LogP) is 2.53. The molecule has 0 N–H and O–H groups in total. The summed E-state index contributed by atoms with van der Waals surface area (Å²) in [6.45, 7) is 5.06. The predicted molar refractivity (Wildman–Crippen MR) is 58.7 cm³/mol. The Labute approximate surface area is 90.3 Å². The van der Waals surface area contributed by atoms with E-state index in [0.717, 1.165) is 11.1 Å². The standard InChI is InChI=1S/C13H16O2/c1-9(2)13(14)12-8-15-7-10-5-3-4-6-11(10)12/h3-6,9,12H,7-8H2,1-2H3. The van der Waals surface area contributed by atoms with Gasteiger partial charge < -0.3 is 4.74 Å². The molecule has 2 nitrogen and oxygen atoms in total. The summed E-state index contributed by atoms with van der Waals surface area (Å²) in [7, 11) is 0. The second-order valence-corrected chi connectivity index (χ2v) is 4.32. The maximum absolute atomic E-state index is 12.0. The highest BCUT2D eigenvalue weighted by molar-refractivity contribution is 5.88. The molecule has 1 aliphatic rings. The Morgan fingerprint density at radius 2 is 2.13 bits per heavy atom. The SMILES string of the molecule is CC(C)C(=O)C1COCc2ccccc21. The van der Waals surface area contributed by atoms with Gasteiger partial charge in [-0.15, -0.1) is 0 Å². The van der Waals surface area contributed by atoms with Gasteiger partial charge in [0.15, 0.2) is 0 Å². The van der Waals surface area contributed by atoms with Crippen molar-refractivity contribution in [1.82, 2.24) is 0 Å². The third-order valence-electron chi connectivity index (χ3n) is 2.89. The molecule has 0 saturated heterocycles. The summed E-state index contributed by atoms with van der Waals surface area (Å²) >= 11 is 0. The van der Waals surface area contributed by atoms with Gasteiger partial charge in [0, 0.05) is 5.92 Å². The van der Waals surface area contributed by atoms with E-state index in [9.17, 15) is 4.79 Å². The van der Waals surface area contributed by atoms with Crippen LogP contribution in [0.1, 0.15) is 30.9 Å². The first-order valence-corrected chi connectivity index (χ1v) is 5.39. The normalized spacial score (nSPS) is 20.1. The van der Waals surface area contributed by atoms with Gasteiger partial charge in [-0.2, -0.15) is 0 Å². The Bertz CT molecular complexity index is 369. The van der Waals surface area contributed by atoms with E-state index >= 15 is 0 Å². The van der Waals surface area contributed by atoms with Crippen LogP contribution >= 0.6 is 0 Å². The maximum Gasteiger partial charge on any atom is 0.145 e. The number of ether oxygens (including phenoxy) is 1. The van der Waals surface area contributed by atoms with Gasteiger partial charge in [-0.05, 0) is 11.1 Å². The number of hydrogen-bond acceptors (Lipinski definition) is 2. The Balaban J connectivity index is 2.34. The summed E-state index contributed by atoms with van der Waals surface area (Å²) in [5.74, 6) is 0.293. The molecule has 2 rings (SSSR count). The zero-order chi connectivity index (χ0) is 10.8. The van der Waals surface area contributed by atoms with Crippen LogP contribution in [0.4, 0.5) is 0 Å². The fourth-order valence-corrected chi connectivity index (χ4v) is 2.02. The number of carbonyl (C=O) groups excluding carboxylic acids is 1. The van der Waals surface area contributed by atoms with Gasteiger partial charge >= 0.3 is 0 Å². The Morgan fingerprint density at radius 1 is 1.40 bits per heavy atom. The zero-order valence-electron chi connectivity index (χ0n) is 9.19. The van der Waals surface area contributed by atoms with Crippen molar-refractivity contribution in [3.63, 3.8) is 0 Å². The number of rotatable bonds is 2. The van der Waals surface area contributed by atoms with Crippen molar-refractivity contribution in [2.75, 3.05) is 6.61 Å². The van der Waals surface area contributed by atoms with Gasteiger partial charge in [-0.25, -0.2) is 0 Å². The lowest BCUT2D eigenvalue weighted by Gasteiger charge is -2.25. The Hall–Kier alpha value is -1.15. The number of carbonyl (C=O) groups is 1. The van der Waals surface area contributed by atoms with Crippen molar-refractivity contribution in [3.8, 4) is 0 Å². The molecule has 0 bridgehead atoms. The van der Waals surface area contributed by atoms with Gasteiger partial charge in [0.25, 0.3) is 0 Å². The average Bonchev–Trinajstić information content (AvgIpc) is 2.27. The third kappa shape index (κ3) is 1.95. The van der Waals surface area contributed by atoms with Crippen LogP contribution in [0.25, 0.3) is 0 Å². The lowest BCUT2D eigenvalue weighted by Crippen LogP contribution is -2.26. The minimum Gasteiger partial charge on any atom is -0.376 e. The van der Waals surface area contributed by atoms with Gasteiger partial charge in [-0.3, -0.25) is 4.79 Å². The maximum atomic E-state index is 12.0. The zero-order valence-corrected chi connectivity index (χ0v) is 9.19. The van der Waals surface area contributed by atoms with Crippen LogP contribution in [0, 0.1) is 5.92 Å². The van der Waals surface area contributed by atoms with Gasteiger partial charge in [-0.1, -0.05) is 38.1 Å². The molecule has 2 heteroatoms. The van der Waals surface area contributed by atoms with Crippen LogP contribution in [0.2, 0.25) is 0 Å². The monoisotopic (exact) mass is 204 g/mol. The minimum absolute atomic E-state index is 0.0602. The van der Waals surface area contributed by atoms with Gasteiger partial charge in [0.05, 0.1) is 19.1 Å². The van der Waals surface area contributed by atoms with E-state index < -0.39 is 0 Å². The summed E-state index contributed by atoms with van der Waals surface area (Å²) in [4.78, 5) is 12.0. The van der Waals surface area contributed by atoms with E-state index in [1.165, 1.54) is 0 Å². The second-order valence-electron chi connectivity index (χ2n) is 4.32. The van der Waals surface area contributed by atoms with Gasteiger partial charge in [0.1, 0.15) is 5.78 Å². The van der Waals surface area contributed by atoms with E-state index in [1.807, 2.05) is 38.1 Å². The van der Waals surface area contributed by atoms with Crippen molar-refractivity contribution in [2.45, 2.75) is 26.4 Å². The third-order valence-corrected chi connectivity index (χ3v) is 2.89. The van der Waals surface area contributed by atoms with E-state index in [0.29, 0.717) is 13.2 Å². The van der Waals surface area contributed by atoms with E-state index in [-0.39, 0.29) is 17.6 Å². The van der Waals surface area contributed by atoms with E-state index in [2.05, 4.69) is 0 Å².